The molecule has 0 spiro atoms. The van der Waals surface area contributed by atoms with Gasteiger partial charge in [-0.25, -0.2) is 14.5 Å². The quantitative estimate of drug-likeness (QED) is 0.164. The van der Waals surface area contributed by atoms with Crippen LogP contribution in [0.4, 0.5) is 21.1 Å². The van der Waals surface area contributed by atoms with E-state index in [1.165, 1.54) is 4.90 Å². The van der Waals surface area contributed by atoms with Gasteiger partial charge in [-0.05, 0) is 77.3 Å². The maximum Gasteiger partial charge on any atom is 0.420 e. The van der Waals surface area contributed by atoms with Crippen LogP contribution in [0, 0.1) is 12.8 Å². The first-order chi connectivity index (χ1) is 22.6. The maximum atomic E-state index is 13.9. The van der Waals surface area contributed by atoms with Crippen LogP contribution in [0.15, 0.2) is 79.5 Å². The highest BCUT2D eigenvalue weighted by Crippen LogP contribution is 2.37. The Labute approximate surface area is 275 Å². The number of hydrogen-bond acceptors (Lipinski definition) is 8. The zero-order valence-corrected chi connectivity index (χ0v) is 27.7. The molecule has 5 rings (SSSR count). The highest BCUT2D eigenvalue weighted by molar-refractivity contribution is 5.96. The van der Waals surface area contributed by atoms with Crippen LogP contribution in [0.25, 0.3) is 5.65 Å². The highest BCUT2D eigenvalue weighted by Gasteiger charge is 2.35. The minimum absolute atomic E-state index is 0.0875. The number of amides is 2. The van der Waals surface area contributed by atoms with Crippen molar-refractivity contribution in [2.75, 3.05) is 24.6 Å². The maximum absolute atomic E-state index is 13.9. The first kappa shape index (κ1) is 33.3. The van der Waals surface area contributed by atoms with E-state index in [1.54, 1.807) is 45.9 Å². The van der Waals surface area contributed by atoms with E-state index in [-0.39, 0.29) is 12.5 Å². The number of fused-ring (bicyclic) bond motifs is 1. The van der Waals surface area contributed by atoms with Gasteiger partial charge in [-0.1, -0.05) is 36.4 Å². The Balaban J connectivity index is 1.49. The zero-order valence-electron chi connectivity index (χ0n) is 27.7. The van der Waals surface area contributed by atoms with Crippen molar-refractivity contribution >= 4 is 29.3 Å². The number of aromatic nitrogens is 3. The number of hydrogen-bond donors (Lipinski definition) is 0. The Morgan fingerprint density at radius 1 is 1.09 bits per heavy atom. The van der Waals surface area contributed by atoms with Crippen LogP contribution in [-0.4, -0.2) is 63.1 Å². The summed E-state index contributed by atoms with van der Waals surface area (Å²) in [5.74, 6) is 1.51. The second-order valence-corrected chi connectivity index (χ2v) is 12.4. The fourth-order valence-electron chi connectivity index (χ4n) is 5.55. The summed E-state index contributed by atoms with van der Waals surface area (Å²) in [7, 11) is 0. The van der Waals surface area contributed by atoms with E-state index in [9.17, 15) is 9.59 Å². The third-order valence-electron chi connectivity index (χ3n) is 7.78. The van der Waals surface area contributed by atoms with Crippen molar-refractivity contribution in [3.63, 3.8) is 0 Å². The molecule has 1 saturated heterocycles. The zero-order chi connectivity index (χ0) is 33.6. The van der Waals surface area contributed by atoms with Gasteiger partial charge in [0.25, 0.3) is 0 Å². The lowest BCUT2D eigenvalue weighted by Gasteiger charge is -2.37. The Morgan fingerprint density at radius 2 is 1.83 bits per heavy atom. The van der Waals surface area contributed by atoms with Crippen molar-refractivity contribution in [3.05, 3.63) is 90.6 Å². The van der Waals surface area contributed by atoms with Crippen LogP contribution < -0.4 is 14.4 Å². The van der Waals surface area contributed by atoms with E-state index >= 15 is 0 Å². The van der Waals surface area contributed by atoms with E-state index in [0.717, 1.165) is 5.56 Å². The molecule has 11 nitrogen and oxygen atoms in total. The monoisotopic (exact) mass is 641 g/mol. The lowest BCUT2D eigenvalue weighted by Crippen LogP contribution is -2.49. The molecule has 0 saturated carbocycles. The van der Waals surface area contributed by atoms with E-state index in [1.807, 2.05) is 71.0 Å². The summed E-state index contributed by atoms with van der Waals surface area (Å²) in [6.07, 6.45) is 3.49. The minimum Gasteiger partial charge on any atom is -0.494 e. The SMILES string of the molecule is C=CC[C@@H]1CCN(C(=O)OCc2ccccc2)C[C@H]1Oc1nc2ccnn2c(N(C(=O)OC(C)(C)C)c2ccc(OCC)cc2)c1C. The Kier molecular flexibility index (Phi) is 10.3. The molecule has 1 aliphatic rings. The molecule has 0 radical (unpaired) electrons. The number of allylic oxidation sites excluding steroid dienone is 1. The van der Waals surface area contributed by atoms with Gasteiger partial charge in [0, 0.05) is 18.5 Å². The molecular weight excluding hydrogens is 598 g/mol. The second-order valence-electron chi connectivity index (χ2n) is 12.4. The molecule has 2 atom stereocenters. The molecule has 3 heterocycles. The molecule has 0 aliphatic carbocycles. The second kappa shape index (κ2) is 14.6. The predicted molar refractivity (Wildman–Crippen MR) is 179 cm³/mol. The molecule has 0 N–H and O–H groups in total. The first-order valence-corrected chi connectivity index (χ1v) is 15.9. The molecule has 47 heavy (non-hydrogen) atoms. The molecule has 2 amide bonds. The Hall–Kier alpha value is -5.06. The summed E-state index contributed by atoms with van der Waals surface area (Å²) >= 11 is 0. The van der Waals surface area contributed by atoms with Crippen LogP contribution in [0.2, 0.25) is 0 Å². The molecular formula is C36H43N5O6. The van der Waals surface area contributed by atoms with Gasteiger partial charge in [0.15, 0.2) is 11.5 Å². The van der Waals surface area contributed by atoms with E-state index in [0.29, 0.717) is 66.9 Å². The molecule has 2 aromatic carbocycles. The fraction of sp³-hybridized carbons (Fsp3) is 0.389. The number of carbonyl (C=O) groups is 2. The van der Waals surface area contributed by atoms with E-state index in [4.69, 9.17) is 23.9 Å². The topological polar surface area (TPSA) is 108 Å². The number of benzene rings is 2. The van der Waals surface area contributed by atoms with Gasteiger partial charge in [0.2, 0.25) is 5.88 Å². The number of anilines is 2. The smallest absolute Gasteiger partial charge is 0.420 e. The van der Waals surface area contributed by atoms with Crippen LogP contribution >= 0.6 is 0 Å². The summed E-state index contributed by atoms with van der Waals surface area (Å²) in [4.78, 5) is 35.0. The van der Waals surface area contributed by atoms with Gasteiger partial charge in [-0.2, -0.15) is 14.6 Å². The van der Waals surface area contributed by atoms with Crippen LogP contribution in [0.3, 0.4) is 0 Å². The molecule has 11 heteroatoms. The van der Waals surface area contributed by atoms with Crippen LogP contribution in [0.5, 0.6) is 11.6 Å². The van der Waals surface area contributed by atoms with Gasteiger partial charge in [0.1, 0.15) is 24.1 Å². The van der Waals surface area contributed by atoms with Gasteiger partial charge in [-0.15, -0.1) is 6.58 Å². The lowest BCUT2D eigenvalue weighted by molar-refractivity contribution is 0.0250. The summed E-state index contributed by atoms with van der Waals surface area (Å²) in [6, 6.07) is 18.5. The molecule has 1 fully saturated rings. The van der Waals surface area contributed by atoms with Gasteiger partial charge in [-0.3, -0.25) is 0 Å². The number of rotatable bonds is 10. The third-order valence-corrected chi connectivity index (χ3v) is 7.78. The number of likely N-dealkylation sites (tertiary alicyclic amines) is 1. The number of piperidine rings is 1. The largest absolute Gasteiger partial charge is 0.494 e. The van der Waals surface area contributed by atoms with Crippen LogP contribution in [-0.2, 0) is 16.1 Å². The van der Waals surface area contributed by atoms with Crippen molar-refractivity contribution in [2.45, 2.75) is 65.8 Å². The summed E-state index contributed by atoms with van der Waals surface area (Å²) in [5, 5.41) is 4.51. The molecule has 1 aliphatic heterocycles. The molecule has 0 unspecified atom stereocenters. The summed E-state index contributed by atoms with van der Waals surface area (Å²) in [5.41, 5.74) is 1.76. The Morgan fingerprint density at radius 3 is 2.51 bits per heavy atom. The Bertz CT molecular complexity index is 1680. The molecule has 4 aromatic rings. The van der Waals surface area contributed by atoms with Gasteiger partial charge in [0.05, 0.1) is 30.6 Å². The molecule has 248 valence electrons. The minimum atomic E-state index is -0.761. The predicted octanol–water partition coefficient (Wildman–Crippen LogP) is 7.49. The van der Waals surface area contributed by atoms with Crippen molar-refractivity contribution in [2.24, 2.45) is 5.92 Å². The number of carbonyl (C=O) groups excluding carboxylic acids is 2. The number of nitrogens with zero attached hydrogens (tertiary/aromatic N) is 5. The van der Waals surface area contributed by atoms with Crippen molar-refractivity contribution in [1.29, 1.82) is 0 Å². The molecule has 2 aromatic heterocycles. The highest BCUT2D eigenvalue weighted by atomic mass is 16.6. The van der Waals surface area contributed by atoms with E-state index in [2.05, 4.69) is 11.7 Å². The average Bonchev–Trinajstić information content (AvgIpc) is 3.51. The average molecular weight is 642 g/mol. The fourth-order valence-corrected chi connectivity index (χ4v) is 5.55. The van der Waals surface area contributed by atoms with Crippen molar-refractivity contribution < 1.29 is 28.5 Å². The lowest BCUT2D eigenvalue weighted by atomic mass is 9.91. The third kappa shape index (κ3) is 8.03. The van der Waals surface area contributed by atoms with E-state index < -0.39 is 23.9 Å². The van der Waals surface area contributed by atoms with Crippen molar-refractivity contribution in [3.8, 4) is 11.6 Å². The standard InChI is InChI=1S/C36H43N5O6/c1-7-12-27-20-22-39(34(42)45-24-26-13-10-9-11-14-26)23-30(27)46-32-25(3)33(41-31(38-32)19-21-37-41)40(35(43)47-36(4,5)6)28-15-17-29(18-16-28)44-8-2/h7,9-11,13-19,21,27,30H,1,8,12,20,22-24H2,2-6H3/t27-,30-/m1/s1. The number of ether oxygens (including phenoxy) is 4. The normalized spacial score (nSPS) is 16.4. The summed E-state index contributed by atoms with van der Waals surface area (Å²) in [6.45, 7) is 14.7. The van der Waals surface area contributed by atoms with Gasteiger partial charge >= 0.3 is 12.2 Å². The van der Waals surface area contributed by atoms with Crippen LogP contribution in [0.1, 0.15) is 51.7 Å². The molecule has 0 bridgehead atoms. The van der Waals surface area contributed by atoms with Gasteiger partial charge < -0.3 is 23.8 Å². The first-order valence-electron chi connectivity index (χ1n) is 15.9. The van der Waals surface area contributed by atoms with Crippen molar-refractivity contribution in [1.82, 2.24) is 19.5 Å². The summed E-state index contributed by atoms with van der Waals surface area (Å²) < 4.78 is 25.4.